The quantitative estimate of drug-likeness (QED) is 0.844. The van der Waals surface area contributed by atoms with E-state index in [1.54, 1.807) is 0 Å². The van der Waals surface area contributed by atoms with Crippen molar-refractivity contribution < 1.29 is 14.7 Å². The van der Waals surface area contributed by atoms with Crippen molar-refractivity contribution >= 4 is 11.9 Å². The van der Waals surface area contributed by atoms with Crippen molar-refractivity contribution in [2.45, 2.75) is 44.8 Å². The number of piperidine rings is 1. The van der Waals surface area contributed by atoms with Gasteiger partial charge in [-0.15, -0.1) is 0 Å². The molecule has 7 nitrogen and oxygen atoms in total. The van der Waals surface area contributed by atoms with Crippen LogP contribution in [0, 0.1) is 5.92 Å². The average molecular weight is 306 g/mol. The van der Waals surface area contributed by atoms with Gasteiger partial charge in [0.25, 0.3) is 0 Å². The second-order valence-corrected chi connectivity index (χ2v) is 6.20. The van der Waals surface area contributed by atoms with Gasteiger partial charge in [0.05, 0.1) is 18.0 Å². The molecule has 1 aromatic rings. The first-order valence-corrected chi connectivity index (χ1v) is 7.80. The Labute approximate surface area is 129 Å². The summed E-state index contributed by atoms with van der Waals surface area (Å²) in [4.78, 5) is 29.7. The third-order valence-electron chi connectivity index (χ3n) is 5.00. The minimum Gasteiger partial charge on any atom is -0.481 e. The third-order valence-corrected chi connectivity index (χ3v) is 5.00. The maximum Gasteiger partial charge on any atom is 0.309 e. The Hall–Kier alpha value is -1.89. The van der Waals surface area contributed by atoms with Crippen molar-refractivity contribution in [3.05, 3.63) is 18.2 Å². The fourth-order valence-corrected chi connectivity index (χ4v) is 3.68. The first kappa shape index (κ1) is 15.0. The number of imidazole rings is 1. The van der Waals surface area contributed by atoms with Crippen LogP contribution in [0.4, 0.5) is 0 Å². The number of nitrogens with zero attached hydrogens (tertiary/aromatic N) is 3. The summed E-state index contributed by atoms with van der Waals surface area (Å²) < 4.78 is 2.11. The number of hydrogen-bond acceptors (Lipinski definition) is 4. The number of hydrogen-bond donors (Lipinski definition) is 2. The normalized spacial score (nSPS) is 24.6. The molecule has 0 saturated carbocycles. The number of carboxylic acids is 1. The summed E-state index contributed by atoms with van der Waals surface area (Å²) in [5, 5.41) is 12.3. The second kappa shape index (κ2) is 5.72. The zero-order chi connectivity index (χ0) is 15.7. The maximum absolute atomic E-state index is 11.7. The Morgan fingerprint density at radius 2 is 2.23 bits per heavy atom. The molecule has 3 rings (SSSR count). The Morgan fingerprint density at radius 1 is 1.50 bits per heavy atom. The minimum absolute atomic E-state index is 0.107. The van der Waals surface area contributed by atoms with Crippen molar-refractivity contribution in [1.29, 1.82) is 0 Å². The number of aryl methyl sites for hydroxylation is 1. The summed E-state index contributed by atoms with van der Waals surface area (Å²) in [5.74, 6) is -0.570. The molecule has 1 aromatic heterocycles. The van der Waals surface area contributed by atoms with Crippen LogP contribution in [0.1, 0.15) is 32.0 Å². The molecule has 2 aliphatic rings. The lowest BCUT2D eigenvalue weighted by Gasteiger charge is -2.41. The summed E-state index contributed by atoms with van der Waals surface area (Å²) in [6.07, 6.45) is 5.25. The molecule has 1 spiro atoms. The fourth-order valence-electron chi connectivity index (χ4n) is 3.68. The smallest absolute Gasteiger partial charge is 0.309 e. The van der Waals surface area contributed by atoms with Gasteiger partial charge in [0, 0.05) is 38.4 Å². The Kier molecular flexibility index (Phi) is 3.90. The van der Waals surface area contributed by atoms with E-state index in [0.29, 0.717) is 12.8 Å². The van der Waals surface area contributed by atoms with Crippen LogP contribution in [0.25, 0.3) is 0 Å². The molecule has 3 heterocycles. The zero-order valence-electron chi connectivity index (χ0n) is 12.8. The lowest BCUT2D eigenvalue weighted by molar-refractivity contribution is -0.144. The molecule has 2 fully saturated rings. The highest BCUT2D eigenvalue weighted by molar-refractivity contribution is 5.88. The van der Waals surface area contributed by atoms with Crippen molar-refractivity contribution in [2.24, 2.45) is 5.92 Å². The van der Waals surface area contributed by atoms with E-state index in [-0.39, 0.29) is 12.3 Å². The van der Waals surface area contributed by atoms with Crippen LogP contribution in [0.2, 0.25) is 0 Å². The highest BCUT2D eigenvalue weighted by Crippen LogP contribution is 2.37. The number of amides is 1. The Morgan fingerprint density at radius 3 is 2.86 bits per heavy atom. The van der Waals surface area contributed by atoms with Crippen molar-refractivity contribution in [2.75, 3.05) is 13.1 Å². The van der Waals surface area contributed by atoms with Crippen LogP contribution in [0.15, 0.2) is 12.4 Å². The molecule has 120 valence electrons. The highest BCUT2D eigenvalue weighted by atomic mass is 16.4. The largest absolute Gasteiger partial charge is 0.481 e. The van der Waals surface area contributed by atoms with Gasteiger partial charge in [-0.3, -0.25) is 14.5 Å². The number of aliphatic carboxylic acids is 1. The SMILES string of the molecule is CCn1ccnc1CN1CCC2(CC1)NC(=O)CC2C(=O)O. The van der Waals surface area contributed by atoms with Crippen LogP contribution < -0.4 is 5.32 Å². The fraction of sp³-hybridized carbons (Fsp3) is 0.667. The first-order chi connectivity index (χ1) is 10.5. The molecule has 0 radical (unpaired) electrons. The third kappa shape index (κ3) is 2.61. The van der Waals surface area contributed by atoms with Crippen molar-refractivity contribution in [1.82, 2.24) is 19.8 Å². The van der Waals surface area contributed by atoms with Gasteiger partial charge in [-0.05, 0) is 19.8 Å². The molecule has 2 saturated heterocycles. The predicted molar refractivity (Wildman–Crippen MR) is 79.0 cm³/mol. The van der Waals surface area contributed by atoms with Crippen molar-refractivity contribution in [3.8, 4) is 0 Å². The summed E-state index contributed by atoms with van der Waals surface area (Å²) in [5.41, 5.74) is -0.556. The average Bonchev–Trinajstić information content (AvgIpc) is 3.06. The Bertz CT molecular complexity index is 575. The molecule has 7 heteroatoms. The van der Waals surface area contributed by atoms with Gasteiger partial charge in [0.15, 0.2) is 0 Å². The van der Waals surface area contributed by atoms with Gasteiger partial charge in [0.1, 0.15) is 5.82 Å². The molecular formula is C15H22N4O3. The molecular weight excluding hydrogens is 284 g/mol. The van der Waals surface area contributed by atoms with E-state index in [4.69, 9.17) is 0 Å². The van der Waals surface area contributed by atoms with Crippen LogP contribution >= 0.6 is 0 Å². The monoisotopic (exact) mass is 306 g/mol. The lowest BCUT2D eigenvalue weighted by atomic mass is 9.78. The molecule has 0 bridgehead atoms. The molecule has 1 atom stereocenters. The maximum atomic E-state index is 11.7. The number of carbonyl (C=O) groups excluding carboxylic acids is 1. The van der Waals surface area contributed by atoms with Gasteiger partial charge < -0.3 is 15.0 Å². The number of aromatic nitrogens is 2. The van der Waals surface area contributed by atoms with Gasteiger partial charge in [-0.2, -0.15) is 0 Å². The number of nitrogens with one attached hydrogen (secondary N) is 1. The molecule has 0 aromatic carbocycles. The Balaban J connectivity index is 1.65. The van der Waals surface area contributed by atoms with Gasteiger partial charge in [-0.1, -0.05) is 0 Å². The predicted octanol–water partition coefficient (Wildman–Crippen LogP) is 0.458. The molecule has 22 heavy (non-hydrogen) atoms. The second-order valence-electron chi connectivity index (χ2n) is 6.20. The standard InChI is InChI=1S/C15H22N4O3/c1-2-19-8-5-16-12(19)10-18-6-3-15(4-7-18)11(14(21)22)9-13(20)17-15/h5,8,11H,2-4,6-7,9-10H2,1H3,(H,17,20)(H,21,22). The summed E-state index contributed by atoms with van der Waals surface area (Å²) in [7, 11) is 0. The molecule has 1 amide bonds. The van der Waals surface area contributed by atoms with E-state index in [9.17, 15) is 14.7 Å². The van der Waals surface area contributed by atoms with E-state index >= 15 is 0 Å². The van der Waals surface area contributed by atoms with Gasteiger partial charge in [-0.25, -0.2) is 4.98 Å². The summed E-state index contributed by atoms with van der Waals surface area (Å²) >= 11 is 0. The molecule has 1 unspecified atom stereocenters. The number of likely N-dealkylation sites (tertiary alicyclic amines) is 1. The van der Waals surface area contributed by atoms with Crippen molar-refractivity contribution in [3.63, 3.8) is 0 Å². The van der Waals surface area contributed by atoms with Gasteiger partial charge >= 0.3 is 5.97 Å². The van der Waals surface area contributed by atoms with Crippen LogP contribution in [-0.2, 0) is 22.7 Å². The van der Waals surface area contributed by atoms with E-state index < -0.39 is 17.4 Å². The summed E-state index contributed by atoms with van der Waals surface area (Å²) in [6, 6.07) is 0. The molecule has 0 aliphatic carbocycles. The highest BCUT2D eigenvalue weighted by Gasteiger charge is 2.51. The number of carboxylic acid groups (broad SMARTS) is 1. The van der Waals surface area contributed by atoms with E-state index in [1.807, 2.05) is 12.4 Å². The van der Waals surface area contributed by atoms with Crippen LogP contribution in [0.5, 0.6) is 0 Å². The first-order valence-electron chi connectivity index (χ1n) is 7.80. The number of carbonyl (C=O) groups is 2. The topological polar surface area (TPSA) is 87.5 Å². The van der Waals surface area contributed by atoms with E-state index in [2.05, 4.69) is 26.7 Å². The van der Waals surface area contributed by atoms with E-state index in [1.165, 1.54) is 0 Å². The van der Waals surface area contributed by atoms with Crippen LogP contribution in [0.3, 0.4) is 0 Å². The zero-order valence-corrected chi connectivity index (χ0v) is 12.8. The van der Waals surface area contributed by atoms with Gasteiger partial charge in [0.2, 0.25) is 5.91 Å². The van der Waals surface area contributed by atoms with E-state index in [0.717, 1.165) is 32.0 Å². The molecule has 2 aliphatic heterocycles. The molecule has 2 N–H and O–H groups in total. The van der Waals surface area contributed by atoms with Crippen LogP contribution in [-0.4, -0.2) is 50.1 Å². The summed E-state index contributed by atoms with van der Waals surface area (Å²) in [6.45, 7) is 5.30. The number of rotatable bonds is 4. The lowest BCUT2D eigenvalue weighted by Crippen LogP contribution is -2.55. The minimum atomic E-state index is -0.867.